The van der Waals surface area contributed by atoms with Gasteiger partial charge in [0.05, 0.1) is 12.6 Å². The first kappa shape index (κ1) is 25.2. The van der Waals surface area contributed by atoms with Crippen LogP contribution in [0.15, 0.2) is 18.7 Å². The molecule has 0 bridgehead atoms. The SMILES string of the molecule is CCCCCCCCCCCCC(C)n1cc[n+](CCCCCCCCC)c1. The van der Waals surface area contributed by atoms with E-state index < -0.39 is 0 Å². The molecule has 0 N–H and O–H groups in total. The fourth-order valence-corrected chi connectivity index (χ4v) is 4.13. The number of rotatable bonds is 20. The van der Waals surface area contributed by atoms with Crippen LogP contribution in [-0.4, -0.2) is 4.57 Å². The second kappa shape index (κ2) is 18.3. The molecule has 1 rings (SSSR count). The summed E-state index contributed by atoms with van der Waals surface area (Å²) in [6, 6.07) is 0.643. The molecule has 0 saturated carbocycles. The number of hydrogen-bond donors (Lipinski definition) is 0. The second-order valence-electron chi connectivity index (χ2n) is 9.04. The van der Waals surface area contributed by atoms with Crippen LogP contribution in [0.5, 0.6) is 0 Å². The maximum absolute atomic E-state index is 2.43. The van der Waals surface area contributed by atoms with Crippen molar-refractivity contribution >= 4 is 0 Å². The molecule has 2 heteroatoms. The Balaban J connectivity index is 1.99. The Kier molecular flexibility index (Phi) is 16.5. The zero-order chi connectivity index (χ0) is 20.3. The summed E-state index contributed by atoms with van der Waals surface area (Å²) in [5, 5.41) is 0. The van der Waals surface area contributed by atoms with E-state index in [4.69, 9.17) is 0 Å². The van der Waals surface area contributed by atoms with Gasteiger partial charge in [-0.05, 0) is 32.6 Å². The van der Waals surface area contributed by atoms with E-state index in [1.807, 2.05) is 0 Å². The first-order chi connectivity index (χ1) is 13.8. The van der Waals surface area contributed by atoms with Gasteiger partial charge >= 0.3 is 0 Å². The van der Waals surface area contributed by atoms with Crippen molar-refractivity contribution in [3.63, 3.8) is 0 Å². The normalized spacial score (nSPS) is 12.5. The molecule has 28 heavy (non-hydrogen) atoms. The third kappa shape index (κ3) is 13.4. The highest BCUT2D eigenvalue weighted by molar-refractivity contribution is 4.72. The molecule has 0 spiro atoms. The van der Waals surface area contributed by atoms with E-state index in [1.165, 1.54) is 122 Å². The molecule has 1 unspecified atom stereocenters. The van der Waals surface area contributed by atoms with Gasteiger partial charge in [0.2, 0.25) is 6.33 Å². The minimum Gasteiger partial charge on any atom is -0.237 e. The smallest absolute Gasteiger partial charge is 0.237 e. The van der Waals surface area contributed by atoms with Crippen molar-refractivity contribution in [2.75, 3.05) is 0 Å². The highest BCUT2D eigenvalue weighted by Crippen LogP contribution is 2.16. The van der Waals surface area contributed by atoms with Gasteiger partial charge in [0.25, 0.3) is 0 Å². The van der Waals surface area contributed by atoms with Crippen molar-refractivity contribution in [3.05, 3.63) is 18.7 Å². The number of aryl methyl sites for hydroxylation is 1. The van der Waals surface area contributed by atoms with Crippen molar-refractivity contribution < 1.29 is 4.57 Å². The van der Waals surface area contributed by atoms with Crippen LogP contribution >= 0.6 is 0 Å². The zero-order valence-corrected chi connectivity index (χ0v) is 19.6. The van der Waals surface area contributed by atoms with Crippen LogP contribution in [0.4, 0.5) is 0 Å². The van der Waals surface area contributed by atoms with E-state index >= 15 is 0 Å². The quantitative estimate of drug-likeness (QED) is 0.156. The molecule has 1 aromatic rings. The number of hydrogen-bond acceptors (Lipinski definition) is 0. The van der Waals surface area contributed by atoms with E-state index in [2.05, 4.69) is 48.6 Å². The van der Waals surface area contributed by atoms with Gasteiger partial charge in [-0.25, -0.2) is 9.13 Å². The Morgan fingerprint density at radius 3 is 1.64 bits per heavy atom. The van der Waals surface area contributed by atoms with Crippen molar-refractivity contribution in [1.29, 1.82) is 0 Å². The summed E-state index contributed by atoms with van der Waals surface area (Å²) in [6.07, 6.45) is 32.2. The first-order valence-corrected chi connectivity index (χ1v) is 12.8. The van der Waals surface area contributed by atoms with Crippen LogP contribution in [0, 0.1) is 0 Å². The summed E-state index contributed by atoms with van der Waals surface area (Å²) < 4.78 is 4.82. The molecule has 0 saturated heterocycles. The predicted octanol–water partition coefficient (Wildman–Crippen LogP) is 8.40. The lowest BCUT2D eigenvalue weighted by atomic mass is 10.0. The van der Waals surface area contributed by atoms with Crippen molar-refractivity contribution in [2.24, 2.45) is 0 Å². The van der Waals surface area contributed by atoms with E-state index in [-0.39, 0.29) is 0 Å². The minimum atomic E-state index is 0.643. The second-order valence-corrected chi connectivity index (χ2v) is 9.04. The van der Waals surface area contributed by atoms with Crippen LogP contribution in [-0.2, 0) is 6.54 Å². The Morgan fingerprint density at radius 2 is 1.11 bits per heavy atom. The van der Waals surface area contributed by atoms with Gasteiger partial charge < -0.3 is 0 Å². The summed E-state index contributed by atoms with van der Waals surface area (Å²) >= 11 is 0. The molecule has 2 nitrogen and oxygen atoms in total. The highest BCUT2D eigenvalue weighted by Gasteiger charge is 2.11. The number of nitrogens with zero attached hydrogens (tertiary/aromatic N) is 2. The van der Waals surface area contributed by atoms with Gasteiger partial charge in [-0.3, -0.25) is 0 Å². The molecule has 0 aliphatic heterocycles. The first-order valence-electron chi connectivity index (χ1n) is 12.8. The summed E-state index contributed by atoms with van der Waals surface area (Å²) in [5.74, 6) is 0. The summed E-state index contributed by atoms with van der Waals surface area (Å²) in [4.78, 5) is 0. The van der Waals surface area contributed by atoms with Crippen LogP contribution in [0.2, 0.25) is 0 Å². The Labute approximate surface area is 177 Å². The molecule has 164 valence electrons. The molecule has 0 fully saturated rings. The topological polar surface area (TPSA) is 8.81 Å². The molecule has 1 heterocycles. The monoisotopic (exact) mass is 391 g/mol. The molecule has 1 aromatic heterocycles. The fourth-order valence-electron chi connectivity index (χ4n) is 4.13. The van der Waals surface area contributed by atoms with E-state index in [1.54, 1.807) is 0 Å². The largest absolute Gasteiger partial charge is 0.243 e. The average Bonchev–Trinajstić information content (AvgIpc) is 3.17. The molecule has 1 atom stereocenters. The third-order valence-corrected chi connectivity index (χ3v) is 6.22. The average molecular weight is 392 g/mol. The van der Waals surface area contributed by atoms with E-state index in [9.17, 15) is 0 Å². The lowest BCUT2D eigenvalue weighted by molar-refractivity contribution is -0.697. The number of aromatic nitrogens is 2. The Hall–Kier alpha value is -0.790. The highest BCUT2D eigenvalue weighted by atomic mass is 15.1. The molecule has 0 aliphatic carbocycles. The van der Waals surface area contributed by atoms with Gasteiger partial charge in [0.15, 0.2) is 0 Å². The minimum absolute atomic E-state index is 0.643. The summed E-state index contributed by atoms with van der Waals surface area (Å²) in [7, 11) is 0. The van der Waals surface area contributed by atoms with Crippen LogP contribution in [0.25, 0.3) is 0 Å². The number of imidazole rings is 1. The van der Waals surface area contributed by atoms with Crippen LogP contribution in [0.3, 0.4) is 0 Å². The van der Waals surface area contributed by atoms with Crippen molar-refractivity contribution in [2.45, 2.75) is 149 Å². The lowest BCUT2D eigenvalue weighted by Crippen LogP contribution is -2.31. The third-order valence-electron chi connectivity index (χ3n) is 6.22. The fraction of sp³-hybridized carbons (Fsp3) is 0.885. The summed E-state index contributed by atoms with van der Waals surface area (Å²) in [5.41, 5.74) is 0. The van der Waals surface area contributed by atoms with Gasteiger partial charge in [-0.2, -0.15) is 0 Å². The van der Waals surface area contributed by atoms with E-state index in [0.717, 1.165) is 0 Å². The summed E-state index contributed by atoms with van der Waals surface area (Å²) in [6.45, 7) is 8.15. The molecule has 0 aromatic carbocycles. The van der Waals surface area contributed by atoms with Gasteiger partial charge in [-0.15, -0.1) is 0 Å². The van der Waals surface area contributed by atoms with Crippen molar-refractivity contribution in [3.8, 4) is 0 Å². The van der Waals surface area contributed by atoms with Crippen LogP contribution in [0.1, 0.15) is 142 Å². The molecular formula is C26H51N2+. The standard InChI is InChI=1S/C26H51N2/c1-4-6-8-10-12-13-14-15-17-19-21-26(3)28-24-23-27(25-28)22-20-18-16-11-9-7-5-2/h23-26H,4-22H2,1-3H3/q+1. The van der Waals surface area contributed by atoms with Gasteiger partial charge in [0.1, 0.15) is 12.4 Å². The number of unbranched alkanes of at least 4 members (excludes halogenated alkanes) is 15. The maximum atomic E-state index is 2.43. The maximum Gasteiger partial charge on any atom is 0.243 e. The lowest BCUT2D eigenvalue weighted by Gasteiger charge is -2.08. The molecular weight excluding hydrogens is 340 g/mol. The van der Waals surface area contributed by atoms with Crippen LogP contribution < -0.4 is 4.57 Å². The molecule has 0 amide bonds. The van der Waals surface area contributed by atoms with Crippen molar-refractivity contribution in [1.82, 2.24) is 4.57 Å². The van der Waals surface area contributed by atoms with Gasteiger partial charge in [-0.1, -0.05) is 104 Å². The molecule has 0 radical (unpaired) electrons. The van der Waals surface area contributed by atoms with Gasteiger partial charge in [0, 0.05) is 0 Å². The Morgan fingerprint density at radius 1 is 0.643 bits per heavy atom. The molecule has 0 aliphatic rings. The predicted molar refractivity (Wildman–Crippen MR) is 124 cm³/mol. The Bertz CT molecular complexity index is 437. The zero-order valence-electron chi connectivity index (χ0n) is 19.6. The van der Waals surface area contributed by atoms with E-state index in [0.29, 0.717) is 6.04 Å².